The molecule has 0 fully saturated rings. The summed E-state index contributed by atoms with van der Waals surface area (Å²) in [5.41, 5.74) is 1.77. The maximum Gasteiger partial charge on any atom is 0.271 e. The second kappa shape index (κ2) is 10.4. The minimum Gasteiger partial charge on any atom is -0.321 e. The van der Waals surface area contributed by atoms with Crippen molar-refractivity contribution >= 4 is 33.0 Å². The number of nitrogens with zero attached hydrogens (tertiary/aromatic N) is 2. The monoisotopic (exact) mass is 501 g/mol. The van der Waals surface area contributed by atoms with Crippen LogP contribution in [0, 0.1) is 17.0 Å². The van der Waals surface area contributed by atoms with Crippen LogP contribution in [0.3, 0.4) is 0 Å². The van der Waals surface area contributed by atoms with Gasteiger partial charge in [0.1, 0.15) is 0 Å². The molecule has 9 heteroatoms. The molecule has 0 aromatic heterocycles. The lowest BCUT2D eigenvalue weighted by Crippen LogP contribution is -2.32. The Morgan fingerprint density at radius 1 is 0.889 bits per heavy atom. The molecule has 182 valence electrons. The highest BCUT2D eigenvalue weighted by Gasteiger charge is 2.28. The first kappa shape index (κ1) is 24.6. The predicted molar refractivity (Wildman–Crippen MR) is 138 cm³/mol. The summed E-state index contributed by atoms with van der Waals surface area (Å²) in [6, 6.07) is 27.6. The van der Waals surface area contributed by atoms with Gasteiger partial charge in [-0.3, -0.25) is 19.2 Å². The van der Waals surface area contributed by atoms with Gasteiger partial charge in [-0.1, -0.05) is 66.7 Å². The molecule has 4 aromatic carbocycles. The molecule has 0 heterocycles. The van der Waals surface area contributed by atoms with Crippen LogP contribution in [-0.2, 0) is 16.6 Å². The van der Waals surface area contributed by atoms with Crippen molar-refractivity contribution in [3.8, 4) is 0 Å². The van der Waals surface area contributed by atoms with Gasteiger partial charge in [-0.2, -0.15) is 0 Å². The van der Waals surface area contributed by atoms with E-state index in [1.807, 2.05) is 30.3 Å². The van der Waals surface area contributed by atoms with E-state index in [4.69, 9.17) is 0 Å². The van der Waals surface area contributed by atoms with Gasteiger partial charge >= 0.3 is 0 Å². The first-order valence-corrected chi connectivity index (χ1v) is 12.5. The van der Waals surface area contributed by atoms with Crippen LogP contribution in [-0.4, -0.2) is 19.2 Å². The van der Waals surface area contributed by atoms with Gasteiger partial charge in [0, 0.05) is 12.1 Å². The van der Waals surface area contributed by atoms with Gasteiger partial charge in [0.25, 0.3) is 21.6 Å². The van der Waals surface area contributed by atoms with E-state index in [0.29, 0.717) is 5.56 Å². The highest BCUT2D eigenvalue weighted by Crippen LogP contribution is 2.30. The van der Waals surface area contributed by atoms with Crippen molar-refractivity contribution < 1.29 is 18.1 Å². The number of nitro groups is 1. The molecule has 0 radical (unpaired) electrons. The van der Waals surface area contributed by atoms with Gasteiger partial charge in [-0.05, 0) is 42.3 Å². The summed E-state index contributed by atoms with van der Waals surface area (Å²) in [6.07, 6.45) is 0. The summed E-state index contributed by atoms with van der Waals surface area (Å²) in [5.74, 6) is -0.587. The normalized spacial score (nSPS) is 11.0. The lowest BCUT2D eigenvalue weighted by Gasteiger charge is -2.26. The summed E-state index contributed by atoms with van der Waals surface area (Å²) < 4.78 is 28.7. The van der Waals surface area contributed by atoms with Crippen LogP contribution in [0.1, 0.15) is 21.5 Å². The molecule has 0 aliphatic carbocycles. The summed E-state index contributed by atoms with van der Waals surface area (Å²) in [5, 5.41) is 13.9. The van der Waals surface area contributed by atoms with E-state index >= 15 is 0 Å². The number of benzene rings is 4. The summed E-state index contributed by atoms with van der Waals surface area (Å²) in [4.78, 5) is 24.1. The number of anilines is 2. The number of hydrogen-bond donors (Lipinski definition) is 1. The van der Waals surface area contributed by atoms with E-state index in [2.05, 4.69) is 5.32 Å². The van der Waals surface area contributed by atoms with Crippen molar-refractivity contribution in [3.05, 3.63) is 130 Å². The predicted octanol–water partition coefficient (Wildman–Crippen LogP) is 5.55. The zero-order valence-corrected chi connectivity index (χ0v) is 20.2. The number of nitro benzene ring substituents is 1. The third kappa shape index (κ3) is 5.26. The van der Waals surface area contributed by atoms with Crippen LogP contribution in [0.15, 0.2) is 108 Å². The lowest BCUT2D eigenvalue weighted by molar-refractivity contribution is -0.384. The Morgan fingerprint density at radius 3 is 2.17 bits per heavy atom. The van der Waals surface area contributed by atoms with E-state index < -0.39 is 20.9 Å². The van der Waals surface area contributed by atoms with Crippen molar-refractivity contribution in [3.63, 3.8) is 0 Å². The molecule has 1 amide bonds. The Balaban J connectivity index is 1.79. The van der Waals surface area contributed by atoms with Crippen LogP contribution in [0.5, 0.6) is 0 Å². The number of carbonyl (C=O) groups excluding carboxylic acids is 1. The molecular formula is C27H23N3O5S. The Bertz CT molecular complexity index is 1510. The van der Waals surface area contributed by atoms with Gasteiger partial charge in [-0.25, -0.2) is 8.42 Å². The highest BCUT2D eigenvalue weighted by molar-refractivity contribution is 7.92. The fourth-order valence-corrected chi connectivity index (χ4v) is 5.19. The number of sulfonamides is 1. The molecule has 0 spiro atoms. The first-order valence-electron chi connectivity index (χ1n) is 11.0. The Hall–Kier alpha value is -4.50. The van der Waals surface area contributed by atoms with E-state index in [1.54, 1.807) is 49.4 Å². The molecule has 0 aliphatic heterocycles. The zero-order valence-electron chi connectivity index (χ0n) is 19.4. The van der Waals surface area contributed by atoms with Crippen LogP contribution < -0.4 is 9.62 Å². The molecule has 0 aliphatic rings. The molecule has 36 heavy (non-hydrogen) atoms. The van der Waals surface area contributed by atoms with Crippen LogP contribution in [0.4, 0.5) is 17.1 Å². The lowest BCUT2D eigenvalue weighted by atomic mass is 10.1. The highest BCUT2D eigenvalue weighted by atomic mass is 32.2. The van der Waals surface area contributed by atoms with Gasteiger partial charge in [0.15, 0.2) is 0 Å². The second-order valence-corrected chi connectivity index (χ2v) is 9.90. The number of rotatable bonds is 8. The third-order valence-electron chi connectivity index (χ3n) is 5.60. The topological polar surface area (TPSA) is 110 Å². The quantitative estimate of drug-likeness (QED) is 0.251. The molecule has 4 rings (SSSR count). The number of aryl methyl sites for hydroxylation is 1. The van der Waals surface area contributed by atoms with E-state index in [9.17, 15) is 23.3 Å². The SMILES string of the molecule is Cc1ccc([N+](=O)[O-])cc1NC(=O)c1ccccc1N(Cc1ccccc1)S(=O)(=O)c1ccccc1. The molecular weight excluding hydrogens is 478 g/mol. The van der Waals surface area contributed by atoms with Gasteiger partial charge in [-0.15, -0.1) is 0 Å². The van der Waals surface area contributed by atoms with Crippen molar-refractivity contribution in [1.82, 2.24) is 0 Å². The van der Waals surface area contributed by atoms with Gasteiger partial charge < -0.3 is 5.32 Å². The van der Waals surface area contributed by atoms with E-state index in [1.165, 1.54) is 34.6 Å². The minimum atomic E-state index is -4.04. The van der Waals surface area contributed by atoms with Crippen molar-refractivity contribution in [2.24, 2.45) is 0 Å². The maximum atomic E-state index is 13.8. The Kier molecular flexibility index (Phi) is 7.12. The summed E-state index contributed by atoms with van der Waals surface area (Å²) in [6.45, 7) is 1.71. The summed E-state index contributed by atoms with van der Waals surface area (Å²) in [7, 11) is -4.04. The number of hydrogen-bond acceptors (Lipinski definition) is 5. The maximum absolute atomic E-state index is 13.8. The number of amides is 1. The molecule has 0 unspecified atom stereocenters. The molecule has 1 N–H and O–H groups in total. The number of nitrogens with one attached hydrogen (secondary N) is 1. The van der Waals surface area contributed by atoms with E-state index in [0.717, 1.165) is 5.56 Å². The fourth-order valence-electron chi connectivity index (χ4n) is 3.70. The van der Waals surface area contributed by atoms with Crippen molar-refractivity contribution in [2.75, 3.05) is 9.62 Å². The average molecular weight is 502 g/mol. The van der Waals surface area contributed by atoms with Crippen molar-refractivity contribution in [1.29, 1.82) is 0 Å². The zero-order chi connectivity index (χ0) is 25.7. The van der Waals surface area contributed by atoms with Gasteiger partial charge in [0.2, 0.25) is 0 Å². The van der Waals surface area contributed by atoms with Crippen LogP contribution >= 0.6 is 0 Å². The van der Waals surface area contributed by atoms with Gasteiger partial charge in [0.05, 0.1) is 33.3 Å². The largest absolute Gasteiger partial charge is 0.321 e. The molecule has 0 atom stereocenters. The van der Waals surface area contributed by atoms with Crippen molar-refractivity contribution in [2.45, 2.75) is 18.4 Å². The minimum absolute atomic E-state index is 0.00179. The number of para-hydroxylation sites is 1. The smallest absolute Gasteiger partial charge is 0.271 e. The average Bonchev–Trinajstić information content (AvgIpc) is 2.89. The first-order chi connectivity index (χ1) is 17.3. The number of carbonyl (C=O) groups is 1. The Labute approximate surface area is 209 Å². The fraction of sp³-hybridized carbons (Fsp3) is 0.0741. The molecule has 0 saturated heterocycles. The second-order valence-electron chi connectivity index (χ2n) is 8.04. The van der Waals surface area contributed by atoms with E-state index in [-0.39, 0.29) is 34.1 Å². The summed E-state index contributed by atoms with van der Waals surface area (Å²) >= 11 is 0. The molecule has 4 aromatic rings. The standard InChI is InChI=1S/C27H23N3O5S/c1-20-16-17-22(30(32)33)18-25(20)28-27(31)24-14-8-9-15-26(24)29(19-21-10-4-2-5-11-21)36(34,35)23-12-6-3-7-13-23/h2-18H,19H2,1H3,(H,28,31). The van der Waals surface area contributed by atoms with Crippen LogP contribution in [0.2, 0.25) is 0 Å². The third-order valence-corrected chi connectivity index (χ3v) is 7.37. The number of non-ortho nitro benzene ring substituents is 1. The molecule has 0 saturated carbocycles. The Morgan fingerprint density at radius 2 is 1.50 bits per heavy atom. The van der Waals surface area contributed by atoms with Crippen LogP contribution in [0.25, 0.3) is 0 Å². The molecule has 8 nitrogen and oxygen atoms in total. The molecule has 0 bridgehead atoms.